The number of nitrogens with zero attached hydrogens (tertiary/aromatic N) is 1. The van der Waals surface area contributed by atoms with Gasteiger partial charge in [0, 0.05) is 23.1 Å². The summed E-state index contributed by atoms with van der Waals surface area (Å²) in [5.41, 5.74) is 2.85. The van der Waals surface area contributed by atoms with Crippen LogP contribution in [0.15, 0.2) is 36.4 Å². The highest BCUT2D eigenvalue weighted by Crippen LogP contribution is 2.30. The maximum absolute atomic E-state index is 13.3. The third-order valence-electron chi connectivity index (χ3n) is 4.31. The number of halogens is 2. The van der Waals surface area contributed by atoms with E-state index in [2.05, 4.69) is 5.32 Å². The maximum atomic E-state index is 13.3. The molecule has 2 aromatic carbocycles. The molecular weight excluding hydrogens is 355 g/mol. The van der Waals surface area contributed by atoms with Gasteiger partial charge in [-0.25, -0.2) is 4.39 Å². The second-order valence-corrected chi connectivity index (χ2v) is 6.32. The van der Waals surface area contributed by atoms with Gasteiger partial charge in [0.15, 0.2) is 0 Å². The molecule has 0 bridgehead atoms. The van der Waals surface area contributed by atoms with Gasteiger partial charge in [-0.05, 0) is 62.7 Å². The van der Waals surface area contributed by atoms with Gasteiger partial charge in [-0.15, -0.1) is 0 Å². The van der Waals surface area contributed by atoms with Crippen molar-refractivity contribution >= 4 is 34.1 Å². The first-order valence-corrected chi connectivity index (χ1v) is 8.86. The minimum absolute atomic E-state index is 0.0306. The smallest absolute Gasteiger partial charge is 0.272 e. The Balaban J connectivity index is 2.03. The fourth-order valence-electron chi connectivity index (χ4n) is 3.14. The van der Waals surface area contributed by atoms with Crippen molar-refractivity contribution in [1.82, 2.24) is 4.57 Å². The minimum atomic E-state index is -0.521. The van der Waals surface area contributed by atoms with Crippen molar-refractivity contribution in [3.8, 4) is 5.75 Å². The topological polar surface area (TPSA) is 43.3 Å². The molecule has 3 aromatic rings. The lowest BCUT2D eigenvalue weighted by Gasteiger charge is -2.10. The molecule has 0 saturated carbocycles. The summed E-state index contributed by atoms with van der Waals surface area (Å²) in [6, 6.07) is 9.93. The summed E-state index contributed by atoms with van der Waals surface area (Å²) in [5.74, 6) is -0.0122. The molecule has 1 aromatic heterocycles. The van der Waals surface area contributed by atoms with Crippen LogP contribution in [-0.2, 0) is 6.54 Å². The van der Waals surface area contributed by atoms with E-state index < -0.39 is 5.82 Å². The zero-order chi connectivity index (χ0) is 18.8. The van der Waals surface area contributed by atoms with Crippen molar-refractivity contribution in [2.24, 2.45) is 0 Å². The van der Waals surface area contributed by atoms with E-state index in [0.29, 0.717) is 24.5 Å². The van der Waals surface area contributed by atoms with Crippen LogP contribution in [0.4, 0.5) is 10.1 Å². The van der Waals surface area contributed by atoms with E-state index in [1.54, 1.807) is 0 Å². The number of fused-ring (bicyclic) bond motifs is 1. The number of amides is 1. The second-order valence-electron chi connectivity index (χ2n) is 5.91. The highest BCUT2D eigenvalue weighted by atomic mass is 35.5. The van der Waals surface area contributed by atoms with Crippen molar-refractivity contribution in [2.75, 3.05) is 11.9 Å². The number of hydrogen-bond acceptors (Lipinski definition) is 2. The normalized spacial score (nSPS) is 11.0. The first-order valence-electron chi connectivity index (χ1n) is 8.48. The van der Waals surface area contributed by atoms with Crippen molar-refractivity contribution < 1.29 is 13.9 Å². The predicted octanol–water partition coefficient (Wildman–Crippen LogP) is 5.41. The average molecular weight is 375 g/mol. The van der Waals surface area contributed by atoms with E-state index in [9.17, 15) is 9.18 Å². The van der Waals surface area contributed by atoms with Crippen LogP contribution in [0.1, 0.15) is 29.9 Å². The van der Waals surface area contributed by atoms with Crippen molar-refractivity contribution in [2.45, 2.75) is 27.3 Å². The molecular formula is C20H20ClFN2O2. The van der Waals surface area contributed by atoms with Gasteiger partial charge in [-0.1, -0.05) is 11.6 Å². The summed E-state index contributed by atoms with van der Waals surface area (Å²) in [7, 11) is 0. The lowest BCUT2D eigenvalue weighted by atomic mass is 10.1. The van der Waals surface area contributed by atoms with E-state index in [1.165, 1.54) is 18.2 Å². The maximum Gasteiger partial charge on any atom is 0.272 e. The Kier molecular flexibility index (Phi) is 5.18. The number of ether oxygens (including phenoxy) is 1. The van der Waals surface area contributed by atoms with Gasteiger partial charge in [0.05, 0.1) is 11.6 Å². The summed E-state index contributed by atoms with van der Waals surface area (Å²) < 4.78 is 20.9. The number of hydrogen-bond donors (Lipinski definition) is 1. The quantitative estimate of drug-likeness (QED) is 0.648. The molecule has 26 heavy (non-hydrogen) atoms. The average Bonchev–Trinajstić information content (AvgIpc) is 2.90. The molecule has 1 N–H and O–H groups in total. The van der Waals surface area contributed by atoms with Crippen LogP contribution in [0.5, 0.6) is 5.75 Å². The third kappa shape index (κ3) is 3.27. The van der Waals surface area contributed by atoms with Gasteiger partial charge in [-0.2, -0.15) is 0 Å². The molecule has 4 nitrogen and oxygen atoms in total. The Labute approximate surface area is 156 Å². The van der Waals surface area contributed by atoms with Gasteiger partial charge in [-0.3, -0.25) is 4.79 Å². The number of carbonyl (C=O) groups is 1. The number of aromatic nitrogens is 1. The van der Waals surface area contributed by atoms with Gasteiger partial charge >= 0.3 is 0 Å². The van der Waals surface area contributed by atoms with E-state index in [1.807, 2.05) is 43.5 Å². The van der Waals surface area contributed by atoms with Crippen LogP contribution in [0.3, 0.4) is 0 Å². The Hall–Kier alpha value is -2.53. The zero-order valence-electron chi connectivity index (χ0n) is 14.9. The fraction of sp³-hybridized carbons (Fsp3) is 0.250. The molecule has 0 atom stereocenters. The summed E-state index contributed by atoms with van der Waals surface area (Å²) >= 11 is 5.80. The number of aryl methyl sites for hydroxylation is 2. The fourth-order valence-corrected chi connectivity index (χ4v) is 3.32. The van der Waals surface area contributed by atoms with Crippen LogP contribution in [-0.4, -0.2) is 17.1 Å². The van der Waals surface area contributed by atoms with Gasteiger partial charge in [0.25, 0.3) is 5.91 Å². The van der Waals surface area contributed by atoms with Gasteiger partial charge in [0.2, 0.25) is 0 Å². The first-order chi connectivity index (χ1) is 12.5. The Morgan fingerprint density at radius 2 is 2.00 bits per heavy atom. The molecule has 0 spiro atoms. The predicted molar refractivity (Wildman–Crippen MR) is 103 cm³/mol. The molecule has 3 rings (SSSR count). The SMILES string of the molecule is CCOc1ccc2c(c1)c(C)c(C(=O)Nc1ccc(F)c(Cl)c1)n2CC. The Bertz CT molecular complexity index is 982. The monoisotopic (exact) mass is 374 g/mol. The molecule has 0 unspecified atom stereocenters. The molecule has 0 radical (unpaired) electrons. The molecule has 0 aliphatic rings. The van der Waals surface area contributed by atoms with Crippen LogP contribution in [0, 0.1) is 12.7 Å². The zero-order valence-corrected chi connectivity index (χ0v) is 15.7. The summed E-state index contributed by atoms with van der Waals surface area (Å²) in [5, 5.41) is 3.74. The Morgan fingerprint density at radius 1 is 1.23 bits per heavy atom. The molecule has 0 aliphatic carbocycles. The number of rotatable bonds is 5. The third-order valence-corrected chi connectivity index (χ3v) is 4.60. The number of nitrogens with one attached hydrogen (secondary N) is 1. The molecule has 1 heterocycles. The van der Waals surface area contributed by atoms with E-state index >= 15 is 0 Å². The lowest BCUT2D eigenvalue weighted by molar-refractivity contribution is 0.101. The van der Waals surface area contributed by atoms with Crippen LogP contribution < -0.4 is 10.1 Å². The minimum Gasteiger partial charge on any atom is -0.494 e. The second kappa shape index (κ2) is 7.38. The highest BCUT2D eigenvalue weighted by molar-refractivity contribution is 6.31. The number of carbonyl (C=O) groups excluding carboxylic acids is 1. The van der Waals surface area contributed by atoms with Crippen LogP contribution in [0.25, 0.3) is 10.9 Å². The number of benzene rings is 2. The lowest BCUT2D eigenvalue weighted by Crippen LogP contribution is -2.17. The van der Waals surface area contributed by atoms with Crippen LogP contribution >= 0.6 is 11.6 Å². The molecule has 0 fully saturated rings. The van der Waals surface area contributed by atoms with Crippen molar-refractivity contribution in [3.05, 3.63) is 58.5 Å². The highest BCUT2D eigenvalue weighted by Gasteiger charge is 2.20. The molecule has 1 amide bonds. The standard InChI is InChI=1S/C20H20ClFN2O2/c1-4-24-18-9-7-14(26-5-2)11-15(18)12(3)19(24)20(25)23-13-6-8-17(22)16(21)10-13/h6-11H,4-5H2,1-3H3,(H,23,25). The summed E-state index contributed by atoms with van der Waals surface area (Å²) in [6.07, 6.45) is 0. The Morgan fingerprint density at radius 3 is 2.65 bits per heavy atom. The molecule has 0 saturated heterocycles. The largest absolute Gasteiger partial charge is 0.494 e. The summed E-state index contributed by atoms with van der Waals surface area (Å²) in [4.78, 5) is 12.9. The van der Waals surface area contributed by atoms with Gasteiger partial charge in [0.1, 0.15) is 17.3 Å². The van der Waals surface area contributed by atoms with E-state index in [4.69, 9.17) is 16.3 Å². The van der Waals surface area contributed by atoms with E-state index in [0.717, 1.165) is 22.2 Å². The molecule has 6 heteroatoms. The van der Waals surface area contributed by atoms with Crippen LogP contribution in [0.2, 0.25) is 5.02 Å². The summed E-state index contributed by atoms with van der Waals surface area (Å²) in [6.45, 7) is 7.06. The van der Waals surface area contributed by atoms with E-state index in [-0.39, 0.29) is 10.9 Å². The van der Waals surface area contributed by atoms with Gasteiger partial charge < -0.3 is 14.6 Å². The van der Waals surface area contributed by atoms with Crippen molar-refractivity contribution in [1.29, 1.82) is 0 Å². The molecule has 136 valence electrons. The number of anilines is 1. The molecule has 0 aliphatic heterocycles. The first kappa shape index (κ1) is 18.3. The van der Waals surface area contributed by atoms with Crippen molar-refractivity contribution in [3.63, 3.8) is 0 Å².